The normalized spacial score (nSPS) is 11.4. The maximum Gasteiger partial charge on any atom is 0.191 e. The molecule has 0 unspecified atom stereocenters. The van der Waals surface area contributed by atoms with Crippen LogP contribution in [0, 0.1) is 5.41 Å². The Kier molecular flexibility index (Phi) is 1.87. The van der Waals surface area contributed by atoms with Gasteiger partial charge in [0.15, 0.2) is 5.12 Å². The molecule has 7 heavy (non-hydrogen) atoms. The number of carbonyl (C=O) groups is 1. The van der Waals surface area contributed by atoms with Crippen LogP contribution in [0.15, 0.2) is 0 Å². The number of hydrogen-bond acceptors (Lipinski definition) is 1. The second-order valence-corrected chi connectivity index (χ2v) is 2.96. The molecular formula is C5H10OS. The van der Waals surface area contributed by atoms with Crippen molar-refractivity contribution < 1.29 is 4.79 Å². The summed E-state index contributed by atoms with van der Waals surface area (Å²) in [6.07, 6.45) is 0. The molecule has 0 aliphatic heterocycles. The highest BCUT2D eigenvalue weighted by Crippen LogP contribution is 2.15. The lowest BCUT2D eigenvalue weighted by Gasteiger charge is -2.10. The van der Waals surface area contributed by atoms with E-state index in [0.717, 1.165) is 0 Å². The molecule has 0 saturated carbocycles. The number of rotatable bonds is 0. The van der Waals surface area contributed by atoms with Crippen molar-refractivity contribution in [2.45, 2.75) is 20.8 Å². The molecule has 0 N–H and O–H groups in total. The van der Waals surface area contributed by atoms with Gasteiger partial charge >= 0.3 is 0 Å². The first kappa shape index (κ1) is 7.02. The Balaban J connectivity index is 3.79. The molecule has 0 rings (SSSR count). The van der Waals surface area contributed by atoms with Crippen molar-refractivity contribution >= 4 is 17.7 Å². The fourth-order valence-corrected chi connectivity index (χ4v) is 0. The molecule has 0 aliphatic rings. The average molecular weight is 118 g/mol. The van der Waals surface area contributed by atoms with Crippen LogP contribution in [-0.4, -0.2) is 5.12 Å². The summed E-state index contributed by atoms with van der Waals surface area (Å²) in [7, 11) is 0. The summed E-state index contributed by atoms with van der Waals surface area (Å²) in [5, 5.41) is -0.0625. The van der Waals surface area contributed by atoms with Gasteiger partial charge in [0.25, 0.3) is 0 Å². The van der Waals surface area contributed by atoms with E-state index >= 15 is 0 Å². The van der Waals surface area contributed by atoms with Gasteiger partial charge in [-0.2, -0.15) is 0 Å². The third-order valence-electron chi connectivity index (χ3n) is 0.642. The fraction of sp³-hybridized carbons (Fsp3) is 0.800. The van der Waals surface area contributed by atoms with Crippen molar-refractivity contribution in [1.82, 2.24) is 0 Å². The van der Waals surface area contributed by atoms with Gasteiger partial charge in [-0.25, -0.2) is 0 Å². The predicted octanol–water partition coefficient (Wildman–Crippen LogP) is 1.49. The molecule has 2 heteroatoms. The van der Waals surface area contributed by atoms with E-state index in [4.69, 9.17) is 0 Å². The first-order chi connectivity index (χ1) is 2.94. The summed E-state index contributed by atoms with van der Waals surface area (Å²) in [4.78, 5) is 10.3. The number of hydrogen-bond donors (Lipinski definition) is 1. The minimum atomic E-state index is -0.275. The summed E-state index contributed by atoms with van der Waals surface area (Å²) < 4.78 is 0. The van der Waals surface area contributed by atoms with Gasteiger partial charge in [-0.3, -0.25) is 4.79 Å². The molecule has 0 aromatic carbocycles. The van der Waals surface area contributed by atoms with Crippen LogP contribution >= 0.6 is 12.6 Å². The maximum atomic E-state index is 10.3. The molecule has 0 aliphatic carbocycles. The van der Waals surface area contributed by atoms with Crippen LogP contribution in [0.3, 0.4) is 0 Å². The van der Waals surface area contributed by atoms with Crippen LogP contribution in [0.2, 0.25) is 0 Å². The molecule has 42 valence electrons. The van der Waals surface area contributed by atoms with Gasteiger partial charge in [-0.15, -0.1) is 12.6 Å². The minimum Gasteiger partial charge on any atom is -0.287 e. The predicted molar refractivity (Wildman–Crippen MR) is 33.4 cm³/mol. The average Bonchev–Trinajstić information content (AvgIpc) is 1.31. The lowest BCUT2D eigenvalue weighted by atomic mass is 10.00. The summed E-state index contributed by atoms with van der Waals surface area (Å²) in [6, 6.07) is 0. The highest BCUT2D eigenvalue weighted by molar-refractivity contribution is 7.96. The van der Waals surface area contributed by atoms with Crippen molar-refractivity contribution in [3.8, 4) is 0 Å². The zero-order valence-electron chi connectivity index (χ0n) is 4.86. The van der Waals surface area contributed by atoms with Crippen molar-refractivity contribution in [3.05, 3.63) is 0 Å². The molecule has 0 heterocycles. The fourth-order valence-electron chi connectivity index (χ4n) is 0. The Hall–Kier alpha value is 0.0200. The maximum absolute atomic E-state index is 10.3. The van der Waals surface area contributed by atoms with Gasteiger partial charge in [-0.1, -0.05) is 20.8 Å². The second-order valence-electron chi connectivity index (χ2n) is 2.56. The molecule has 0 spiro atoms. The van der Waals surface area contributed by atoms with E-state index < -0.39 is 0 Å². The van der Waals surface area contributed by atoms with E-state index in [2.05, 4.69) is 12.6 Å². The molecule has 0 amide bonds. The van der Waals surface area contributed by atoms with Crippen LogP contribution in [0.25, 0.3) is 0 Å². The Morgan fingerprint density at radius 2 is 1.57 bits per heavy atom. The Morgan fingerprint density at radius 1 is 1.43 bits per heavy atom. The van der Waals surface area contributed by atoms with Gasteiger partial charge in [0.05, 0.1) is 0 Å². The van der Waals surface area contributed by atoms with Crippen molar-refractivity contribution in [3.63, 3.8) is 0 Å². The number of thiol groups is 1. The monoisotopic (exact) mass is 118 g/mol. The molecule has 0 aromatic heterocycles. The summed E-state index contributed by atoms with van der Waals surface area (Å²) in [6.45, 7) is 5.51. The quantitative estimate of drug-likeness (QED) is 0.477. The van der Waals surface area contributed by atoms with Crippen LogP contribution in [0.4, 0.5) is 0 Å². The van der Waals surface area contributed by atoms with E-state index in [1.54, 1.807) is 0 Å². The minimum absolute atomic E-state index is 0.0625. The SMILES string of the molecule is CC(C)(C)C(=O)S. The zero-order chi connectivity index (χ0) is 6.08. The summed E-state index contributed by atoms with van der Waals surface area (Å²) >= 11 is 3.64. The van der Waals surface area contributed by atoms with E-state index in [1.807, 2.05) is 20.8 Å². The second kappa shape index (κ2) is 1.86. The van der Waals surface area contributed by atoms with Crippen molar-refractivity contribution in [2.75, 3.05) is 0 Å². The van der Waals surface area contributed by atoms with E-state index in [0.29, 0.717) is 0 Å². The van der Waals surface area contributed by atoms with E-state index in [1.165, 1.54) is 0 Å². The summed E-state index contributed by atoms with van der Waals surface area (Å²) in [5.41, 5.74) is -0.275. The van der Waals surface area contributed by atoms with Crippen LogP contribution in [0.1, 0.15) is 20.8 Å². The van der Waals surface area contributed by atoms with Crippen molar-refractivity contribution in [2.24, 2.45) is 5.41 Å². The highest BCUT2D eigenvalue weighted by Gasteiger charge is 2.16. The van der Waals surface area contributed by atoms with Crippen molar-refractivity contribution in [1.29, 1.82) is 0 Å². The standard InChI is InChI=1S/C5H10OS/c1-5(2,3)4(6)7/h1-3H3,(H,6,7). The van der Waals surface area contributed by atoms with Gasteiger partial charge in [-0.05, 0) is 0 Å². The molecule has 0 atom stereocenters. The van der Waals surface area contributed by atoms with E-state index in [9.17, 15) is 4.79 Å². The van der Waals surface area contributed by atoms with Crippen LogP contribution in [0.5, 0.6) is 0 Å². The molecule has 0 fully saturated rings. The molecular weight excluding hydrogens is 108 g/mol. The lowest BCUT2D eigenvalue weighted by molar-refractivity contribution is -0.117. The third kappa shape index (κ3) is 2.68. The Bertz CT molecular complexity index is 80.6. The highest BCUT2D eigenvalue weighted by atomic mass is 32.1. The largest absolute Gasteiger partial charge is 0.287 e. The topological polar surface area (TPSA) is 17.1 Å². The number of carbonyl (C=O) groups excluding carboxylic acids is 1. The Labute approximate surface area is 49.5 Å². The van der Waals surface area contributed by atoms with E-state index in [-0.39, 0.29) is 10.5 Å². The molecule has 0 bridgehead atoms. The van der Waals surface area contributed by atoms with Gasteiger partial charge in [0.1, 0.15) is 0 Å². The first-order valence-electron chi connectivity index (χ1n) is 2.18. The van der Waals surface area contributed by atoms with Gasteiger partial charge < -0.3 is 0 Å². The molecule has 0 radical (unpaired) electrons. The van der Waals surface area contributed by atoms with Crippen LogP contribution < -0.4 is 0 Å². The molecule has 0 aromatic rings. The third-order valence-corrected chi connectivity index (χ3v) is 1.31. The van der Waals surface area contributed by atoms with Gasteiger partial charge in [0.2, 0.25) is 0 Å². The smallest absolute Gasteiger partial charge is 0.191 e. The van der Waals surface area contributed by atoms with Crippen LogP contribution in [-0.2, 0) is 4.79 Å². The van der Waals surface area contributed by atoms with Gasteiger partial charge in [0, 0.05) is 5.41 Å². The lowest BCUT2D eigenvalue weighted by Crippen LogP contribution is -2.13. The first-order valence-corrected chi connectivity index (χ1v) is 2.62. The zero-order valence-corrected chi connectivity index (χ0v) is 5.75. The molecule has 0 saturated heterocycles. The Morgan fingerprint density at radius 3 is 1.57 bits per heavy atom. The summed E-state index contributed by atoms with van der Waals surface area (Å²) in [5.74, 6) is 0. The molecule has 1 nitrogen and oxygen atoms in total.